The van der Waals surface area contributed by atoms with E-state index in [4.69, 9.17) is 27.3 Å². The Balaban J connectivity index is 1.49. The molecule has 0 bridgehead atoms. The second-order valence-electron chi connectivity index (χ2n) is 8.26. The van der Waals surface area contributed by atoms with Gasteiger partial charge in [-0.3, -0.25) is 5.41 Å². The molecule has 3 aromatic rings. The van der Waals surface area contributed by atoms with Crippen LogP contribution in [0.1, 0.15) is 18.1 Å². The first-order valence-electron chi connectivity index (χ1n) is 10.9. The van der Waals surface area contributed by atoms with Gasteiger partial charge in [-0.25, -0.2) is 4.98 Å². The van der Waals surface area contributed by atoms with Crippen molar-refractivity contribution in [1.29, 1.82) is 5.41 Å². The Bertz CT molecular complexity index is 1120. The fourth-order valence-electron chi connectivity index (χ4n) is 3.95. The van der Waals surface area contributed by atoms with Crippen molar-refractivity contribution in [2.24, 2.45) is 5.73 Å². The lowest BCUT2D eigenvalue weighted by atomic mass is 10.1. The number of hydrogen-bond acceptors (Lipinski definition) is 8. The molecule has 2 atom stereocenters. The third kappa shape index (κ3) is 5.39. The summed E-state index contributed by atoms with van der Waals surface area (Å²) >= 11 is 0. The minimum atomic E-state index is -0.0732. The van der Waals surface area contributed by atoms with Gasteiger partial charge in [-0.05, 0) is 24.6 Å². The van der Waals surface area contributed by atoms with E-state index < -0.39 is 0 Å². The zero-order chi connectivity index (χ0) is 23.4. The van der Waals surface area contributed by atoms with Crippen LogP contribution in [-0.4, -0.2) is 47.6 Å². The molecule has 0 saturated carbocycles. The van der Waals surface area contributed by atoms with Gasteiger partial charge in [0.05, 0.1) is 24.4 Å². The Hall–Kier alpha value is -3.69. The maximum absolute atomic E-state index is 7.62. The van der Waals surface area contributed by atoms with Gasteiger partial charge in [-0.1, -0.05) is 36.4 Å². The number of ether oxygens (including phenoxy) is 1. The van der Waals surface area contributed by atoms with Gasteiger partial charge in [0.2, 0.25) is 5.95 Å². The maximum atomic E-state index is 7.62. The first-order chi connectivity index (χ1) is 15.9. The van der Waals surface area contributed by atoms with Crippen molar-refractivity contribution in [3.8, 4) is 11.3 Å². The first-order valence-corrected chi connectivity index (χ1v) is 10.9. The number of anilines is 3. The highest BCUT2D eigenvalue weighted by atomic mass is 16.5. The first kappa shape index (κ1) is 22.5. The molecule has 9 heteroatoms. The van der Waals surface area contributed by atoms with Crippen molar-refractivity contribution in [2.45, 2.75) is 25.6 Å². The summed E-state index contributed by atoms with van der Waals surface area (Å²) in [7, 11) is 0. The van der Waals surface area contributed by atoms with Gasteiger partial charge in [0.15, 0.2) is 0 Å². The molecule has 8 N–H and O–H groups in total. The number of nitrogens with zero attached hydrogens (tertiary/aromatic N) is 3. The Morgan fingerprint density at radius 2 is 1.94 bits per heavy atom. The van der Waals surface area contributed by atoms with Crippen molar-refractivity contribution in [3.05, 3.63) is 65.7 Å². The molecule has 4 rings (SSSR count). The molecular weight excluding hydrogens is 416 g/mol. The number of rotatable bonds is 7. The number of amidine groups is 1. The zero-order valence-corrected chi connectivity index (χ0v) is 18.7. The van der Waals surface area contributed by atoms with Crippen molar-refractivity contribution in [3.63, 3.8) is 0 Å². The third-order valence-electron chi connectivity index (χ3n) is 5.71. The highest BCUT2D eigenvalue weighted by Crippen LogP contribution is 2.28. The summed E-state index contributed by atoms with van der Waals surface area (Å²) in [6, 6.07) is 17.6. The molecule has 0 unspecified atom stereocenters. The van der Waals surface area contributed by atoms with E-state index >= 15 is 0 Å². The average Bonchev–Trinajstić information content (AvgIpc) is 2.80. The van der Waals surface area contributed by atoms with Crippen LogP contribution < -0.4 is 27.4 Å². The fourth-order valence-corrected chi connectivity index (χ4v) is 3.95. The van der Waals surface area contributed by atoms with E-state index in [0.717, 1.165) is 24.5 Å². The van der Waals surface area contributed by atoms with Crippen molar-refractivity contribution >= 4 is 23.3 Å². The highest BCUT2D eigenvalue weighted by molar-refractivity contribution is 6.00. The molecule has 1 aliphatic rings. The fraction of sp³-hybridized carbons (Fsp3) is 0.292. The molecule has 2 heterocycles. The number of morpholine rings is 1. The molecule has 33 heavy (non-hydrogen) atoms. The van der Waals surface area contributed by atoms with E-state index in [0.29, 0.717) is 30.1 Å². The Morgan fingerprint density at radius 3 is 2.67 bits per heavy atom. The number of nitrogen functional groups attached to an aromatic ring is 3. The third-order valence-corrected chi connectivity index (χ3v) is 5.71. The monoisotopic (exact) mass is 446 g/mol. The smallest absolute Gasteiger partial charge is 0.222 e. The SMILES string of the molecule is C[C@@H]1CO[C@H](CNCc2ccccc2)CN1c1cc(-c2ccc(C(=N)N)c(N)c2)nc(N)n1. The summed E-state index contributed by atoms with van der Waals surface area (Å²) in [4.78, 5) is 11.1. The van der Waals surface area contributed by atoms with Crippen LogP contribution in [0.4, 0.5) is 17.5 Å². The molecule has 1 aliphatic heterocycles. The molecule has 0 amide bonds. The zero-order valence-electron chi connectivity index (χ0n) is 18.7. The summed E-state index contributed by atoms with van der Waals surface area (Å²) in [6.07, 6.45) is 0.0232. The Morgan fingerprint density at radius 1 is 1.15 bits per heavy atom. The molecule has 172 valence electrons. The molecule has 1 fully saturated rings. The highest BCUT2D eigenvalue weighted by Gasteiger charge is 2.27. The van der Waals surface area contributed by atoms with E-state index in [1.165, 1.54) is 5.56 Å². The minimum absolute atomic E-state index is 0.0232. The van der Waals surface area contributed by atoms with E-state index in [-0.39, 0.29) is 23.9 Å². The summed E-state index contributed by atoms with van der Waals surface area (Å²) in [5.41, 5.74) is 21.3. The van der Waals surface area contributed by atoms with E-state index in [1.807, 2.05) is 30.3 Å². The molecule has 0 radical (unpaired) electrons. The maximum Gasteiger partial charge on any atom is 0.222 e. The number of hydrogen-bond donors (Lipinski definition) is 5. The van der Waals surface area contributed by atoms with Crippen molar-refractivity contribution < 1.29 is 4.74 Å². The lowest BCUT2D eigenvalue weighted by molar-refractivity contribution is 0.0228. The van der Waals surface area contributed by atoms with Gasteiger partial charge in [0, 0.05) is 42.5 Å². The predicted molar refractivity (Wildman–Crippen MR) is 132 cm³/mol. The number of nitrogens with two attached hydrogens (primary N) is 3. The molecular formula is C24H30N8O. The Labute approximate surface area is 193 Å². The second-order valence-corrected chi connectivity index (χ2v) is 8.26. The second kappa shape index (κ2) is 9.85. The summed E-state index contributed by atoms with van der Waals surface area (Å²) in [5.74, 6) is 0.862. The van der Waals surface area contributed by atoms with E-state index in [9.17, 15) is 0 Å². The number of benzene rings is 2. The van der Waals surface area contributed by atoms with Crippen LogP contribution in [0.5, 0.6) is 0 Å². The van der Waals surface area contributed by atoms with Crippen LogP contribution in [0.15, 0.2) is 54.6 Å². The molecule has 1 aromatic heterocycles. The quantitative estimate of drug-likeness (QED) is 0.210. The predicted octanol–water partition coefficient (Wildman–Crippen LogP) is 1.98. The van der Waals surface area contributed by atoms with Crippen LogP contribution in [-0.2, 0) is 11.3 Å². The van der Waals surface area contributed by atoms with Gasteiger partial charge < -0.3 is 32.2 Å². The van der Waals surface area contributed by atoms with Gasteiger partial charge >= 0.3 is 0 Å². The normalized spacial score (nSPS) is 18.3. The molecule has 9 nitrogen and oxygen atoms in total. The van der Waals surface area contributed by atoms with Crippen LogP contribution in [0, 0.1) is 5.41 Å². The largest absolute Gasteiger partial charge is 0.398 e. The minimum Gasteiger partial charge on any atom is -0.398 e. The molecule has 2 aromatic carbocycles. The number of aromatic nitrogens is 2. The summed E-state index contributed by atoms with van der Waals surface area (Å²) < 4.78 is 6.05. The summed E-state index contributed by atoms with van der Waals surface area (Å²) in [6.45, 7) is 4.90. The van der Waals surface area contributed by atoms with Gasteiger partial charge in [-0.15, -0.1) is 0 Å². The van der Waals surface area contributed by atoms with Gasteiger partial charge in [-0.2, -0.15) is 4.98 Å². The van der Waals surface area contributed by atoms with Crippen molar-refractivity contribution in [1.82, 2.24) is 15.3 Å². The molecule has 0 aliphatic carbocycles. The molecule has 0 spiro atoms. The van der Waals surface area contributed by atoms with Gasteiger partial charge in [0.25, 0.3) is 0 Å². The summed E-state index contributed by atoms with van der Waals surface area (Å²) in [5, 5.41) is 11.1. The lowest BCUT2D eigenvalue weighted by Crippen LogP contribution is -2.51. The lowest BCUT2D eigenvalue weighted by Gasteiger charge is -2.39. The van der Waals surface area contributed by atoms with Crippen LogP contribution in [0.3, 0.4) is 0 Å². The topological polar surface area (TPSA) is 152 Å². The van der Waals surface area contributed by atoms with Crippen molar-refractivity contribution in [2.75, 3.05) is 36.1 Å². The van der Waals surface area contributed by atoms with Crippen LogP contribution in [0.25, 0.3) is 11.3 Å². The van der Waals surface area contributed by atoms with E-state index in [1.54, 1.807) is 12.1 Å². The van der Waals surface area contributed by atoms with Crippen LogP contribution >= 0.6 is 0 Å². The average molecular weight is 447 g/mol. The standard InChI is InChI=1S/C24H30N8O/c1-15-14-33-18(12-29-11-16-5-3-2-4-6-16)13-32(15)22-10-21(30-24(28)31-22)17-7-8-19(23(26)27)20(25)9-17/h2-10,15,18,29H,11-14,25H2,1H3,(H3,26,27)(H2,28,30,31)/t15-,18-/m1/s1. The molecule has 1 saturated heterocycles. The van der Waals surface area contributed by atoms with E-state index in [2.05, 4.69) is 39.2 Å². The van der Waals surface area contributed by atoms with Gasteiger partial charge in [0.1, 0.15) is 11.7 Å². The Kier molecular flexibility index (Phi) is 6.71. The van der Waals surface area contributed by atoms with Crippen LogP contribution in [0.2, 0.25) is 0 Å². The number of nitrogens with one attached hydrogen (secondary N) is 2.